The van der Waals surface area contributed by atoms with Crippen LogP contribution in [0.5, 0.6) is 0 Å². The summed E-state index contributed by atoms with van der Waals surface area (Å²) in [5, 5.41) is 0. The van der Waals surface area contributed by atoms with Crippen molar-refractivity contribution < 1.29 is 14.3 Å². The van der Waals surface area contributed by atoms with Crippen molar-refractivity contribution in [3.05, 3.63) is 11.1 Å². The Kier molecular flexibility index (Phi) is 4.31. The fourth-order valence-corrected chi connectivity index (χ4v) is 9.78. The van der Waals surface area contributed by atoms with Gasteiger partial charge in [0.05, 0.1) is 11.0 Å². The number of carbonyl (C=O) groups excluding carboxylic acids is 2. The molecule has 166 valence electrons. The normalized spacial score (nSPS) is 52.9. The van der Waals surface area contributed by atoms with Gasteiger partial charge in [-0.1, -0.05) is 40.5 Å². The lowest BCUT2D eigenvalue weighted by molar-refractivity contribution is -0.194. The molecule has 5 aliphatic rings. The van der Waals surface area contributed by atoms with Crippen LogP contribution in [0.4, 0.5) is 0 Å². The summed E-state index contributed by atoms with van der Waals surface area (Å²) in [7, 11) is 0. The number of hydrogen-bond donors (Lipinski definition) is 0. The maximum atomic E-state index is 13.9. The molecule has 1 aliphatic heterocycles. The highest BCUT2D eigenvalue weighted by molar-refractivity contribution is 6.04. The molecule has 0 aromatic rings. The van der Waals surface area contributed by atoms with Crippen LogP contribution in [-0.4, -0.2) is 17.9 Å². The van der Waals surface area contributed by atoms with E-state index >= 15 is 0 Å². The average molecular weight is 413 g/mol. The van der Waals surface area contributed by atoms with E-state index in [1.165, 1.54) is 38.5 Å². The molecule has 1 heterocycles. The van der Waals surface area contributed by atoms with Gasteiger partial charge in [-0.15, -0.1) is 0 Å². The van der Waals surface area contributed by atoms with Gasteiger partial charge in [-0.2, -0.15) is 0 Å². The van der Waals surface area contributed by atoms with Gasteiger partial charge in [0.2, 0.25) is 0 Å². The van der Waals surface area contributed by atoms with Gasteiger partial charge >= 0.3 is 5.97 Å². The summed E-state index contributed by atoms with van der Waals surface area (Å²) >= 11 is 0. The highest BCUT2D eigenvalue weighted by Gasteiger charge is 2.69. The highest BCUT2D eigenvalue weighted by Crippen LogP contribution is 2.73. The van der Waals surface area contributed by atoms with Crippen LogP contribution in [0.3, 0.4) is 0 Å². The van der Waals surface area contributed by atoms with Crippen LogP contribution in [0.25, 0.3) is 0 Å². The Balaban J connectivity index is 1.60. The summed E-state index contributed by atoms with van der Waals surface area (Å²) in [6.07, 6.45) is 10.1. The molecule has 4 aliphatic carbocycles. The van der Waals surface area contributed by atoms with Crippen LogP contribution in [0, 0.1) is 39.4 Å². The fraction of sp³-hybridized carbons (Fsp3) is 0.852. The van der Waals surface area contributed by atoms with Crippen molar-refractivity contribution in [1.29, 1.82) is 0 Å². The van der Waals surface area contributed by atoms with Crippen LogP contribution in [0.2, 0.25) is 0 Å². The first-order valence-electron chi connectivity index (χ1n) is 12.5. The Morgan fingerprint density at radius 1 is 0.933 bits per heavy atom. The third kappa shape index (κ3) is 2.28. The van der Waals surface area contributed by atoms with Crippen molar-refractivity contribution in [2.24, 2.45) is 39.4 Å². The number of esters is 1. The van der Waals surface area contributed by atoms with Crippen LogP contribution in [-0.2, 0) is 14.3 Å². The van der Waals surface area contributed by atoms with E-state index in [0.29, 0.717) is 29.5 Å². The predicted molar refractivity (Wildman–Crippen MR) is 118 cm³/mol. The van der Waals surface area contributed by atoms with Gasteiger partial charge in [0.1, 0.15) is 11.9 Å². The summed E-state index contributed by atoms with van der Waals surface area (Å²) in [5.41, 5.74) is 2.00. The lowest BCUT2D eigenvalue weighted by atomic mass is 9.35. The molecule has 5 rings (SSSR count). The summed E-state index contributed by atoms with van der Waals surface area (Å²) in [6, 6.07) is 0. The zero-order chi connectivity index (χ0) is 21.7. The smallest absolute Gasteiger partial charge is 0.335 e. The van der Waals surface area contributed by atoms with E-state index < -0.39 is 5.41 Å². The van der Waals surface area contributed by atoms with Gasteiger partial charge < -0.3 is 4.74 Å². The van der Waals surface area contributed by atoms with E-state index in [4.69, 9.17) is 4.74 Å². The first-order valence-corrected chi connectivity index (χ1v) is 12.5. The lowest BCUT2D eigenvalue weighted by Gasteiger charge is -2.68. The second kappa shape index (κ2) is 6.23. The minimum absolute atomic E-state index is 0.130. The minimum Gasteiger partial charge on any atom is -0.455 e. The monoisotopic (exact) mass is 412 g/mol. The number of ketones is 1. The molecule has 0 saturated heterocycles. The molecule has 0 amide bonds. The van der Waals surface area contributed by atoms with E-state index in [0.717, 1.165) is 24.0 Å². The zero-order valence-electron chi connectivity index (χ0n) is 19.9. The number of carbonyl (C=O) groups is 2. The molecule has 0 aromatic heterocycles. The quantitative estimate of drug-likeness (QED) is 0.478. The van der Waals surface area contributed by atoms with Gasteiger partial charge in [-0.25, -0.2) is 4.79 Å². The summed E-state index contributed by atoms with van der Waals surface area (Å²) in [5.74, 6) is 1.53. The van der Waals surface area contributed by atoms with Crippen molar-refractivity contribution in [2.75, 3.05) is 0 Å². The number of hydrogen-bond acceptors (Lipinski definition) is 3. The molecule has 3 saturated carbocycles. The number of fused-ring (bicyclic) bond motifs is 6. The van der Waals surface area contributed by atoms with E-state index in [1.54, 1.807) is 0 Å². The Morgan fingerprint density at radius 3 is 2.33 bits per heavy atom. The predicted octanol–water partition coefficient (Wildman–Crippen LogP) is 6.26. The van der Waals surface area contributed by atoms with Gasteiger partial charge in [0.15, 0.2) is 0 Å². The summed E-state index contributed by atoms with van der Waals surface area (Å²) < 4.78 is 5.62. The molecular formula is C27H40O3. The summed E-state index contributed by atoms with van der Waals surface area (Å²) in [4.78, 5) is 26.8. The largest absolute Gasteiger partial charge is 0.455 e. The van der Waals surface area contributed by atoms with Crippen molar-refractivity contribution in [1.82, 2.24) is 0 Å². The topological polar surface area (TPSA) is 43.4 Å². The minimum atomic E-state index is -0.646. The van der Waals surface area contributed by atoms with Gasteiger partial charge in [-0.05, 0) is 91.9 Å². The standard InChI is InChI=1S/C27H40O3/c1-7-24(3)12-8-13-25(4)18(24)11-14-26(5)19-10-9-17-16(2)30-23(29)22(17)27(19,6)21(28)15-20(25)26/h16,18-20H,7-15H2,1-6H3. The second-order valence-corrected chi connectivity index (χ2v) is 12.4. The van der Waals surface area contributed by atoms with Crippen molar-refractivity contribution in [3.8, 4) is 0 Å². The molecule has 0 bridgehead atoms. The SMILES string of the molecule is CCC1(C)CCCC2(C)C1CCC1(C)C3CCC4=C(C(=O)OC4C)C3(C)C(=O)CC21. The molecule has 3 nitrogen and oxygen atoms in total. The number of cyclic esters (lactones) is 1. The van der Waals surface area contributed by atoms with E-state index in [1.807, 2.05) is 6.92 Å². The Bertz CT molecular complexity index is 841. The van der Waals surface area contributed by atoms with E-state index in [-0.39, 0.29) is 28.8 Å². The Labute approximate surface area is 182 Å². The molecule has 0 aromatic carbocycles. The third-order valence-electron chi connectivity index (χ3n) is 11.5. The molecule has 30 heavy (non-hydrogen) atoms. The molecule has 0 radical (unpaired) electrons. The first kappa shape index (κ1) is 20.8. The van der Waals surface area contributed by atoms with Crippen LogP contribution in [0.1, 0.15) is 99.3 Å². The molecule has 8 unspecified atom stereocenters. The van der Waals surface area contributed by atoms with Crippen LogP contribution in [0.15, 0.2) is 11.1 Å². The Morgan fingerprint density at radius 2 is 1.63 bits per heavy atom. The fourth-order valence-electron chi connectivity index (χ4n) is 9.78. The van der Waals surface area contributed by atoms with Crippen LogP contribution < -0.4 is 0 Å². The Hall–Kier alpha value is -1.12. The lowest BCUT2D eigenvalue weighted by Crippen LogP contribution is -2.64. The number of Topliss-reactive ketones (excluding diaryl/α,β-unsaturated/α-hetero) is 1. The van der Waals surface area contributed by atoms with Crippen LogP contribution >= 0.6 is 0 Å². The number of ether oxygens (including phenoxy) is 1. The van der Waals surface area contributed by atoms with E-state index in [9.17, 15) is 9.59 Å². The van der Waals surface area contributed by atoms with Crippen molar-refractivity contribution in [3.63, 3.8) is 0 Å². The molecule has 0 N–H and O–H groups in total. The molecular weight excluding hydrogens is 372 g/mol. The molecule has 3 heteroatoms. The van der Waals surface area contributed by atoms with E-state index in [2.05, 4.69) is 34.6 Å². The maximum Gasteiger partial charge on any atom is 0.335 e. The molecule has 0 spiro atoms. The zero-order valence-corrected chi connectivity index (χ0v) is 19.9. The van der Waals surface area contributed by atoms with Crippen molar-refractivity contribution >= 4 is 11.8 Å². The maximum absolute atomic E-state index is 13.9. The van der Waals surface area contributed by atoms with Gasteiger partial charge in [-0.3, -0.25) is 4.79 Å². The first-order chi connectivity index (χ1) is 14.0. The second-order valence-electron chi connectivity index (χ2n) is 12.4. The average Bonchev–Trinajstić information content (AvgIpc) is 2.98. The molecule has 8 atom stereocenters. The van der Waals surface area contributed by atoms with Gasteiger partial charge in [0, 0.05) is 6.42 Å². The van der Waals surface area contributed by atoms with Gasteiger partial charge in [0.25, 0.3) is 0 Å². The summed E-state index contributed by atoms with van der Waals surface area (Å²) in [6.45, 7) is 14.0. The number of rotatable bonds is 1. The third-order valence-corrected chi connectivity index (χ3v) is 11.5. The van der Waals surface area contributed by atoms with Crippen molar-refractivity contribution in [2.45, 2.75) is 105 Å². The highest BCUT2D eigenvalue weighted by atomic mass is 16.5. The molecule has 3 fully saturated rings.